The Hall–Kier alpha value is -2.53. The standard InChI is InChI=1S/C27H37NO4/c1-5-7-17-32-24-10-8-9-22(18-24)25-15-16-28(20(3)26(25)27(29)31-6-2)19-21-11-13-23(30-4)14-12-21/h8-14,18,20,25-26H,5-7,15-17,19H2,1-4H3/t20-,25+,26+/m0/s1. The lowest BCUT2D eigenvalue weighted by molar-refractivity contribution is -0.153. The molecule has 0 unspecified atom stereocenters. The van der Waals surface area contributed by atoms with E-state index >= 15 is 0 Å². The van der Waals surface area contributed by atoms with Crippen LogP contribution in [0.3, 0.4) is 0 Å². The zero-order valence-electron chi connectivity index (χ0n) is 19.9. The van der Waals surface area contributed by atoms with Crippen LogP contribution >= 0.6 is 0 Å². The Morgan fingerprint density at radius 1 is 1.09 bits per heavy atom. The van der Waals surface area contributed by atoms with Gasteiger partial charge in [-0.15, -0.1) is 0 Å². The van der Waals surface area contributed by atoms with E-state index in [-0.39, 0.29) is 23.8 Å². The van der Waals surface area contributed by atoms with Gasteiger partial charge in [-0.2, -0.15) is 0 Å². The summed E-state index contributed by atoms with van der Waals surface area (Å²) in [6.45, 7) is 9.02. The number of unbranched alkanes of at least 4 members (excludes halogenated alkanes) is 1. The number of hydrogen-bond acceptors (Lipinski definition) is 5. The fraction of sp³-hybridized carbons (Fsp3) is 0.519. The summed E-state index contributed by atoms with van der Waals surface area (Å²) in [6, 6.07) is 16.5. The highest BCUT2D eigenvalue weighted by Gasteiger charge is 2.41. The van der Waals surface area contributed by atoms with Gasteiger partial charge in [-0.05, 0) is 68.6 Å². The molecular formula is C27H37NO4. The molecule has 32 heavy (non-hydrogen) atoms. The Morgan fingerprint density at radius 2 is 1.88 bits per heavy atom. The number of esters is 1. The smallest absolute Gasteiger partial charge is 0.311 e. The van der Waals surface area contributed by atoms with Crippen molar-refractivity contribution in [2.75, 3.05) is 26.9 Å². The zero-order valence-corrected chi connectivity index (χ0v) is 19.9. The molecule has 1 aliphatic rings. The fourth-order valence-electron chi connectivity index (χ4n) is 4.58. The first-order valence-corrected chi connectivity index (χ1v) is 11.8. The molecule has 1 heterocycles. The van der Waals surface area contributed by atoms with Crippen LogP contribution in [0.4, 0.5) is 0 Å². The van der Waals surface area contributed by atoms with Gasteiger partial charge in [-0.25, -0.2) is 0 Å². The van der Waals surface area contributed by atoms with Gasteiger partial charge in [0.05, 0.1) is 26.2 Å². The van der Waals surface area contributed by atoms with E-state index in [4.69, 9.17) is 14.2 Å². The Labute approximate surface area is 192 Å². The van der Waals surface area contributed by atoms with Crippen molar-refractivity contribution in [3.05, 3.63) is 59.7 Å². The average Bonchev–Trinajstić information content (AvgIpc) is 2.81. The van der Waals surface area contributed by atoms with Crippen molar-refractivity contribution in [1.82, 2.24) is 4.90 Å². The molecule has 0 aliphatic carbocycles. The number of benzene rings is 2. The van der Waals surface area contributed by atoms with Crippen LogP contribution in [0.5, 0.6) is 11.5 Å². The molecule has 0 radical (unpaired) electrons. The summed E-state index contributed by atoms with van der Waals surface area (Å²) < 4.78 is 16.7. The molecule has 3 rings (SSSR count). The minimum absolute atomic E-state index is 0.0690. The molecule has 174 valence electrons. The third-order valence-electron chi connectivity index (χ3n) is 6.41. The third-order valence-corrected chi connectivity index (χ3v) is 6.41. The molecule has 3 atom stereocenters. The van der Waals surface area contributed by atoms with Gasteiger partial charge in [-0.1, -0.05) is 37.6 Å². The van der Waals surface area contributed by atoms with Crippen LogP contribution < -0.4 is 9.47 Å². The summed E-state index contributed by atoms with van der Waals surface area (Å²) in [6.07, 6.45) is 3.05. The first kappa shape index (κ1) is 24.1. The average molecular weight is 440 g/mol. The summed E-state index contributed by atoms with van der Waals surface area (Å²) in [5.41, 5.74) is 2.37. The molecule has 0 N–H and O–H groups in total. The van der Waals surface area contributed by atoms with Gasteiger partial charge in [0, 0.05) is 18.5 Å². The Bertz CT molecular complexity index is 851. The molecule has 0 spiro atoms. The minimum atomic E-state index is -0.215. The Morgan fingerprint density at radius 3 is 2.56 bits per heavy atom. The van der Waals surface area contributed by atoms with Crippen LogP contribution in [0.1, 0.15) is 57.1 Å². The van der Waals surface area contributed by atoms with Crippen molar-refractivity contribution >= 4 is 5.97 Å². The second-order valence-electron chi connectivity index (χ2n) is 8.51. The first-order valence-electron chi connectivity index (χ1n) is 11.8. The maximum atomic E-state index is 13.1. The largest absolute Gasteiger partial charge is 0.497 e. The van der Waals surface area contributed by atoms with Crippen molar-refractivity contribution in [3.8, 4) is 11.5 Å². The van der Waals surface area contributed by atoms with E-state index < -0.39 is 0 Å². The maximum absolute atomic E-state index is 13.1. The van der Waals surface area contributed by atoms with Crippen molar-refractivity contribution in [3.63, 3.8) is 0 Å². The second kappa shape index (κ2) is 11.9. The summed E-state index contributed by atoms with van der Waals surface area (Å²) in [7, 11) is 1.68. The normalized spacial score (nSPS) is 21.2. The molecule has 2 aromatic carbocycles. The Kier molecular flexibility index (Phi) is 8.98. The topological polar surface area (TPSA) is 48.0 Å². The van der Waals surface area contributed by atoms with Crippen molar-refractivity contribution in [2.24, 2.45) is 5.92 Å². The number of ether oxygens (including phenoxy) is 3. The van der Waals surface area contributed by atoms with Crippen LogP contribution in [0.15, 0.2) is 48.5 Å². The molecule has 2 aromatic rings. The molecule has 1 aliphatic heterocycles. The van der Waals surface area contributed by atoms with E-state index in [1.807, 2.05) is 31.2 Å². The van der Waals surface area contributed by atoms with Crippen molar-refractivity contribution < 1.29 is 19.0 Å². The van der Waals surface area contributed by atoms with E-state index in [0.29, 0.717) is 6.61 Å². The molecule has 0 amide bonds. The number of nitrogens with zero attached hydrogens (tertiary/aromatic N) is 1. The fourth-order valence-corrected chi connectivity index (χ4v) is 4.58. The lowest BCUT2D eigenvalue weighted by Crippen LogP contribution is -2.49. The third kappa shape index (κ3) is 6.04. The molecule has 5 nitrogen and oxygen atoms in total. The molecule has 5 heteroatoms. The highest BCUT2D eigenvalue weighted by atomic mass is 16.5. The van der Waals surface area contributed by atoms with E-state index in [1.54, 1.807) is 7.11 Å². The molecule has 1 saturated heterocycles. The highest BCUT2D eigenvalue weighted by Crippen LogP contribution is 2.39. The quantitative estimate of drug-likeness (QED) is 0.365. The number of methoxy groups -OCH3 is 1. The lowest BCUT2D eigenvalue weighted by atomic mass is 9.76. The Balaban J connectivity index is 1.79. The molecule has 0 bridgehead atoms. The lowest BCUT2D eigenvalue weighted by Gasteiger charge is -2.43. The van der Waals surface area contributed by atoms with Gasteiger partial charge in [0.1, 0.15) is 11.5 Å². The molecule has 1 fully saturated rings. The highest BCUT2D eigenvalue weighted by molar-refractivity contribution is 5.75. The van der Waals surface area contributed by atoms with Crippen LogP contribution in [0.25, 0.3) is 0 Å². The van der Waals surface area contributed by atoms with Gasteiger partial charge in [0.15, 0.2) is 0 Å². The second-order valence-corrected chi connectivity index (χ2v) is 8.51. The van der Waals surface area contributed by atoms with Crippen LogP contribution in [-0.4, -0.2) is 43.8 Å². The van der Waals surface area contributed by atoms with E-state index in [0.717, 1.165) is 56.0 Å². The van der Waals surface area contributed by atoms with Gasteiger partial charge >= 0.3 is 5.97 Å². The van der Waals surface area contributed by atoms with Crippen molar-refractivity contribution in [2.45, 2.75) is 58.5 Å². The number of piperidine rings is 1. The van der Waals surface area contributed by atoms with Crippen LogP contribution in [0, 0.1) is 5.92 Å². The van der Waals surface area contributed by atoms with E-state index in [1.165, 1.54) is 5.56 Å². The van der Waals surface area contributed by atoms with Gasteiger partial charge < -0.3 is 14.2 Å². The van der Waals surface area contributed by atoms with Crippen LogP contribution in [-0.2, 0) is 16.1 Å². The first-order chi connectivity index (χ1) is 15.6. The summed E-state index contributed by atoms with van der Waals surface area (Å²) in [4.78, 5) is 15.5. The number of likely N-dealkylation sites (tertiary alicyclic amines) is 1. The van der Waals surface area contributed by atoms with Crippen molar-refractivity contribution in [1.29, 1.82) is 0 Å². The molecule has 0 aromatic heterocycles. The SMILES string of the molecule is CCCCOc1cccc([C@H]2CCN(Cc3ccc(OC)cc3)[C@@H](C)[C@H]2C(=O)OCC)c1. The number of carbonyl (C=O) groups excluding carboxylic acids is 1. The predicted molar refractivity (Wildman–Crippen MR) is 127 cm³/mol. The summed E-state index contributed by atoms with van der Waals surface area (Å²) in [5, 5.41) is 0. The number of hydrogen-bond donors (Lipinski definition) is 0. The molecule has 0 saturated carbocycles. The molecular weight excluding hydrogens is 402 g/mol. The maximum Gasteiger partial charge on any atom is 0.311 e. The van der Waals surface area contributed by atoms with Gasteiger partial charge in [0.2, 0.25) is 0 Å². The van der Waals surface area contributed by atoms with Crippen LogP contribution in [0.2, 0.25) is 0 Å². The number of carbonyl (C=O) groups is 1. The van der Waals surface area contributed by atoms with Gasteiger partial charge in [0.25, 0.3) is 0 Å². The summed E-state index contributed by atoms with van der Waals surface area (Å²) in [5.74, 6) is 1.53. The predicted octanol–water partition coefficient (Wildman–Crippen LogP) is 5.43. The monoisotopic (exact) mass is 439 g/mol. The summed E-state index contributed by atoms with van der Waals surface area (Å²) >= 11 is 0. The zero-order chi connectivity index (χ0) is 22.9. The van der Waals surface area contributed by atoms with E-state index in [2.05, 4.69) is 43.0 Å². The number of rotatable bonds is 10. The van der Waals surface area contributed by atoms with E-state index in [9.17, 15) is 4.79 Å². The van der Waals surface area contributed by atoms with Gasteiger partial charge in [-0.3, -0.25) is 9.69 Å². The minimum Gasteiger partial charge on any atom is -0.497 e.